The highest BCUT2D eigenvalue weighted by Gasteiger charge is 2.33. The van der Waals surface area contributed by atoms with E-state index in [1.807, 2.05) is 12.1 Å². The lowest BCUT2D eigenvalue weighted by Gasteiger charge is -2.17. The van der Waals surface area contributed by atoms with Crippen LogP contribution in [0.25, 0.3) is 0 Å². The molecule has 3 rings (SSSR count). The molecule has 0 aliphatic rings. The van der Waals surface area contributed by atoms with Gasteiger partial charge in [-0.25, -0.2) is 0 Å². The van der Waals surface area contributed by atoms with E-state index in [0.717, 1.165) is 17.7 Å². The van der Waals surface area contributed by atoms with Crippen molar-refractivity contribution in [3.63, 3.8) is 0 Å². The van der Waals surface area contributed by atoms with Crippen molar-refractivity contribution < 1.29 is 27.8 Å². The molecule has 1 aromatic heterocycles. The van der Waals surface area contributed by atoms with Gasteiger partial charge in [-0.15, -0.1) is 0 Å². The maximum atomic E-state index is 13.0. The third-order valence-electron chi connectivity index (χ3n) is 4.97. The first-order valence-electron chi connectivity index (χ1n) is 10.5. The molecule has 0 aliphatic heterocycles. The van der Waals surface area contributed by atoms with E-state index in [0.29, 0.717) is 23.6 Å². The number of halogens is 4. The molecule has 0 unspecified atom stereocenters. The number of Topliss-reactive ketones (excluding diaryl/α,β-unsaturated/α-hetero) is 1. The van der Waals surface area contributed by atoms with Gasteiger partial charge in [0.1, 0.15) is 17.1 Å². The van der Waals surface area contributed by atoms with E-state index in [1.54, 1.807) is 44.3 Å². The maximum absolute atomic E-state index is 13.0. The number of pyridine rings is 1. The van der Waals surface area contributed by atoms with Crippen LogP contribution in [0.1, 0.15) is 37.1 Å². The highest BCUT2D eigenvalue weighted by molar-refractivity contribution is 6.31. The molecule has 0 amide bonds. The van der Waals surface area contributed by atoms with Crippen LogP contribution in [0.4, 0.5) is 18.9 Å². The molecular formula is C25H24ClF3N2O3. The topological polar surface area (TPSA) is 71.5 Å². The number of rotatable bonds is 9. The molecule has 1 heterocycles. The minimum Gasteiger partial charge on any atom is -0.457 e. The number of hydrogen-bond acceptors (Lipinski definition) is 5. The van der Waals surface area contributed by atoms with Gasteiger partial charge in [0.25, 0.3) is 0 Å². The van der Waals surface area contributed by atoms with Crippen LogP contribution >= 0.6 is 11.6 Å². The largest absolute Gasteiger partial charge is 0.457 e. The molecule has 5 nitrogen and oxygen atoms in total. The minimum absolute atomic E-state index is 0.0916. The van der Waals surface area contributed by atoms with Crippen molar-refractivity contribution in [2.45, 2.75) is 38.5 Å². The Labute approximate surface area is 200 Å². The van der Waals surface area contributed by atoms with E-state index in [1.165, 1.54) is 6.07 Å². The van der Waals surface area contributed by atoms with Crippen molar-refractivity contribution >= 4 is 23.1 Å². The van der Waals surface area contributed by atoms with Gasteiger partial charge in [0.05, 0.1) is 22.8 Å². The van der Waals surface area contributed by atoms with Gasteiger partial charge in [-0.3, -0.25) is 9.78 Å². The molecule has 3 aromatic rings. The summed E-state index contributed by atoms with van der Waals surface area (Å²) < 4.78 is 44.7. The number of benzene rings is 2. The fourth-order valence-electron chi connectivity index (χ4n) is 3.09. The second-order valence-corrected chi connectivity index (χ2v) is 8.67. The molecule has 0 aliphatic carbocycles. The van der Waals surface area contributed by atoms with Gasteiger partial charge in [0.2, 0.25) is 0 Å². The lowest BCUT2D eigenvalue weighted by molar-refractivity contribution is -0.137. The monoisotopic (exact) mass is 492 g/mol. The lowest BCUT2D eigenvalue weighted by Crippen LogP contribution is -2.17. The van der Waals surface area contributed by atoms with Gasteiger partial charge in [-0.2, -0.15) is 13.2 Å². The van der Waals surface area contributed by atoms with Crippen LogP contribution in [0.2, 0.25) is 5.02 Å². The van der Waals surface area contributed by atoms with Gasteiger partial charge in [0.15, 0.2) is 5.78 Å². The number of nitrogens with zero attached hydrogens (tertiary/aromatic N) is 1. The number of ether oxygens (including phenoxy) is 1. The van der Waals surface area contributed by atoms with Crippen LogP contribution < -0.4 is 10.1 Å². The Morgan fingerprint density at radius 1 is 1.06 bits per heavy atom. The number of carbonyl (C=O) groups excluding carboxylic acids is 1. The van der Waals surface area contributed by atoms with Crippen LogP contribution in [-0.2, 0) is 23.0 Å². The summed E-state index contributed by atoms with van der Waals surface area (Å²) in [6.07, 6.45) is -2.30. The first-order valence-corrected chi connectivity index (χ1v) is 10.9. The highest BCUT2D eigenvalue weighted by atomic mass is 35.5. The SMILES string of the molecule is CC(C)(O)c1cc(Oc2ccc(CCC(=O)CNc3ccc(Cl)c(C(F)(F)F)c3)cc2)ccn1. The van der Waals surface area contributed by atoms with Gasteiger partial charge in [0, 0.05) is 24.4 Å². The summed E-state index contributed by atoms with van der Waals surface area (Å²) in [5.41, 5.74) is -0.452. The number of hydrogen-bond donors (Lipinski definition) is 2. The second-order valence-electron chi connectivity index (χ2n) is 8.27. The molecule has 0 saturated heterocycles. The Morgan fingerprint density at radius 3 is 2.41 bits per heavy atom. The molecule has 0 fully saturated rings. The summed E-state index contributed by atoms with van der Waals surface area (Å²) in [5.74, 6) is 0.990. The fraction of sp³-hybridized carbons (Fsp3) is 0.280. The highest BCUT2D eigenvalue weighted by Crippen LogP contribution is 2.36. The molecule has 2 N–H and O–H groups in total. The van der Waals surface area contributed by atoms with Gasteiger partial charge >= 0.3 is 6.18 Å². The van der Waals surface area contributed by atoms with Crippen LogP contribution in [0.15, 0.2) is 60.8 Å². The molecule has 9 heteroatoms. The summed E-state index contributed by atoms with van der Waals surface area (Å²) in [5, 5.41) is 12.4. The molecule has 2 aromatic carbocycles. The average molecular weight is 493 g/mol. The van der Waals surface area contributed by atoms with E-state index in [9.17, 15) is 23.1 Å². The number of anilines is 1. The maximum Gasteiger partial charge on any atom is 0.417 e. The molecule has 0 spiro atoms. The Balaban J connectivity index is 1.50. The summed E-state index contributed by atoms with van der Waals surface area (Å²) in [4.78, 5) is 16.3. The fourth-order valence-corrected chi connectivity index (χ4v) is 3.32. The minimum atomic E-state index is -4.57. The van der Waals surface area contributed by atoms with E-state index in [-0.39, 0.29) is 24.4 Å². The predicted molar refractivity (Wildman–Crippen MR) is 124 cm³/mol. The number of aliphatic hydroxyl groups is 1. The van der Waals surface area contributed by atoms with Crippen LogP contribution in [0, 0.1) is 0 Å². The zero-order valence-electron chi connectivity index (χ0n) is 18.6. The molecule has 0 radical (unpaired) electrons. The van der Waals surface area contributed by atoms with E-state index in [4.69, 9.17) is 16.3 Å². The van der Waals surface area contributed by atoms with E-state index < -0.39 is 22.4 Å². The van der Waals surface area contributed by atoms with Gasteiger partial charge in [-0.05, 0) is 62.2 Å². The summed E-state index contributed by atoms with van der Waals surface area (Å²) in [6.45, 7) is 3.19. The Kier molecular flexibility index (Phi) is 7.84. The smallest absolute Gasteiger partial charge is 0.417 e. The normalized spacial score (nSPS) is 11.9. The van der Waals surface area contributed by atoms with Gasteiger partial charge < -0.3 is 15.2 Å². The van der Waals surface area contributed by atoms with Crippen molar-refractivity contribution in [3.05, 3.63) is 82.6 Å². The van der Waals surface area contributed by atoms with E-state index in [2.05, 4.69) is 10.3 Å². The first kappa shape index (κ1) is 25.5. The number of ketones is 1. The Morgan fingerprint density at radius 2 is 1.76 bits per heavy atom. The number of carbonyl (C=O) groups is 1. The zero-order chi connectivity index (χ0) is 24.9. The number of aromatic nitrogens is 1. The summed E-state index contributed by atoms with van der Waals surface area (Å²) >= 11 is 5.61. The Bertz CT molecular complexity index is 1140. The van der Waals surface area contributed by atoms with Crippen molar-refractivity contribution in [1.82, 2.24) is 4.98 Å². The molecular weight excluding hydrogens is 469 g/mol. The van der Waals surface area contributed by atoms with E-state index >= 15 is 0 Å². The quantitative estimate of drug-likeness (QED) is 0.362. The number of aryl methyl sites for hydroxylation is 1. The summed E-state index contributed by atoms with van der Waals surface area (Å²) in [7, 11) is 0. The molecule has 34 heavy (non-hydrogen) atoms. The summed E-state index contributed by atoms with van der Waals surface area (Å²) in [6, 6.07) is 14.0. The molecule has 0 atom stereocenters. The Hall–Kier alpha value is -3.10. The zero-order valence-corrected chi connectivity index (χ0v) is 19.4. The number of alkyl halides is 3. The van der Waals surface area contributed by atoms with Crippen LogP contribution in [-0.4, -0.2) is 22.4 Å². The molecule has 0 bridgehead atoms. The number of nitrogens with one attached hydrogen (secondary N) is 1. The third kappa shape index (κ3) is 7.20. The van der Waals surface area contributed by atoms with Crippen LogP contribution in [0.5, 0.6) is 11.5 Å². The van der Waals surface area contributed by atoms with Crippen LogP contribution in [0.3, 0.4) is 0 Å². The van der Waals surface area contributed by atoms with Crippen molar-refractivity contribution in [3.8, 4) is 11.5 Å². The lowest BCUT2D eigenvalue weighted by atomic mass is 10.0. The molecule has 0 saturated carbocycles. The van der Waals surface area contributed by atoms with Gasteiger partial charge in [-0.1, -0.05) is 23.7 Å². The standard InChI is InChI=1S/C25H24ClF3N2O3/c1-24(2,33)23-14-20(11-12-30-23)34-19-8-4-16(5-9-19)3-7-18(32)15-31-17-6-10-22(26)21(13-17)25(27,28)29/h4-6,8-14,31,33H,3,7,15H2,1-2H3. The molecule has 180 valence electrons. The average Bonchev–Trinajstić information content (AvgIpc) is 2.77. The van der Waals surface area contributed by atoms with Crippen molar-refractivity contribution in [2.75, 3.05) is 11.9 Å². The second kappa shape index (κ2) is 10.4. The van der Waals surface area contributed by atoms with Crippen molar-refractivity contribution in [1.29, 1.82) is 0 Å². The van der Waals surface area contributed by atoms with Crippen molar-refractivity contribution in [2.24, 2.45) is 0 Å². The first-order chi connectivity index (χ1) is 15.9. The third-order valence-corrected chi connectivity index (χ3v) is 5.30. The predicted octanol–water partition coefficient (Wildman–Crippen LogP) is 6.39.